The fourth-order valence-corrected chi connectivity index (χ4v) is 1.62. The number of aromatic nitrogens is 1. The number of nitrogens with zero attached hydrogens (tertiary/aromatic N) is 1. The smallest absolute Gasteiger partial charge is 0.258 e. The number of pyridine rings is 1. The van der Waals surface area contributed by atoms with Gasteiger partial charge in [-0.15, -0.1) is 0 Å². The molecule has 5 nitrogen and oxygen atoms in total. The number of nitrogen functional groups attached to an aromatic ring is 1. The molecule has 19 heavy (non-hydrogen) atoms. The van der Waals surface area contributed by atoms with E-state index in [-0.39, 0.29) is 11.3 Å². The van der Waals surface area contributed by atoms with E-state index in [1.165, 1.54) is 30.6 Å². The Labute approximate surface area is 109 Å². The average molecular weight is 260 g/mol. The Morgan fingerprint density at radius 2 is 2.11 bits per heavy atom. The lowest BCUT2D eigenvalue weighted by atomic mass is 10.2. The van der Waals surface area contributed by atoms with Crippen LogP contribution in [0.4, 0.5) is 15.8 Å². The van der Waals surface area contributed by atoms with Gasteiger partial charge in [-0.3, -0.25) is 15.6 Å². The van der Waals surface area contributed by atoms with Gasteiger partial charge in [-0.05, 0) is 30.7 Å². The summed E-state index contributed by atoms with van der Waals surface area (Å²) in [6.45, 7) is 1.77. The van der Waals surface area contributed by atoms with E-state index < -0.39 is 11.7 Å². The molecule has 1 aromatic heterocycles. The lowest BCUT2D eigenvalue weighted by Gasteiger charge is -2.10. The van der Waals surface area contributed by atoms with Crippen molar-refractivity contribution in [3.8, 4) is 0 Å². The number of aryl methyl sites for hydroxylation is 1. The van der Waals surface area contributed by atoms with Gasteiger partial charge in [0.1, 0.15) is 5.82 Å². The zero-order chi connectivity index (χ0) is 13.8. The number of hydrogen-bond acceptors (Lipinski definition) is 4. The summed E-state index contributed by atoms with van der Waals surface area (Å²) >= 11 is 0. The number of anilines is 2. The third-order valence-corrected chi connectivity index (χ3v) is 2.59. The van der Waals surface area contributed by atoms with E-state index in [1.807, 2.05) is 0 Å². The van der Waals surface area contributed by atoms with Gasteiger partial charge in [-0.2, -0.15) is 0 Å². The van der Waals surface area contributed by atoms with Crippen LogP contribution in [0, 0.1) is 12.7 Å². The van der Waals surface area contributed by atoms with Gasteiger partial charge in [0.15, 0.2) is 0 Å². The van der Waals surface area contributed by atoms with E-state index in [1.54, 1.807) is 13.0 Å². The molecule has 2 rings (SSSR count). The number of carbonyl (C=O) groups excluding carboxylic acids is 1. The van der Waals surface area contributed by atoms with Crippen molar-refractivity contribution in [3.05, 3.63) is 53.6 Å². The van der Waals surface area contributed by atoms with E-state index in [0.29, 0.717) is 5.69 Å². The Morgan fingerprint density at radius 1 is 1.32 bits per heavy atom. The first-order valence-corrected chi connectivity index (χ1v) is 5.60. The van der Waals surface area contributed by atoms with Crippen molar-refractivity contribution in [1.29, 1.82) is 0 Å². The molecule has 1 aromatic carbocycles. The molecule has 4 N–H and O–H groups in total. The van der Waals surface area contributed by atoms with Crippen molar-refractivity contribution >= 4 is 17.3 Å². The summed E-state index contributed by atoms with van der Waals surface area (Å²) < 4.78 is 13.6. The number of carbonyl (C=O) groups is 1. The van der Waals surface area contributed by atoms with Crippen LogP contribution < -0.4 is 16.6 Å². The molecule has 1 amide bonds. The molecule has 1 heterocycles. The molecule has 0 bridgehead atoms. The Balaban J connectivity index is 2.26. The maximum absolute atomic E-state index is 13.6. The van der Waals surface area contributed by atoms with Gasteiger partial charge in [-0.1, -0.05) is 6.07 Å². The molecule has 0 saturated heterocycles. The third-order valence-electron chi connectivity index (χ3n) is 2.59. The summed E-state index contributed by atoms with van der Waals surface area (Å²) in [5.74, 6) is 4.35. The van der Waals surface area contributed by atoms with Crippen LogP contribution in [0.3, 0.4) is 0 Å². The van der Waals surface area contributed by atoms with Gasteiger partial charge in [0, 0.05) is 6.20 Å². The molecule has 0 aliphatic heterocycles. The van der Waals surface area contributed by atoms with Crippen LogP contribution >= 0.6 is 0 Å². The zero-order valence-electron chi connectivity index (χ0n) is 10.3. The molecule has 0 unspecified atom stereocenters. The van der Waals surface area contributed by atoms with Crippen molar-refractivity contribution in [2.24, 2.45) is 5.84 Å². The SMILES string of the molecule is Cc1ccc(NC(=O)c2ccncc2NN)c(F)c1. The Bertz CT molecular complexity index is 615. The molecule has 0 aliphatic carbocycles. The predicted molar refractivity (Wildman–Crippen MR) is 71.1 cm³/mol. The molecule has 6 heteroatoms. The largest absolute Gasteiger partial charge is 0.322 e. The van der Waals surface area contributed by atoms with Crippen molar-refractivity contribution in [3.63, 3.8) is 0 Å². The fourth-order valence-electron chi connectivity index (χ4n) is 1.62. The first kappa shape index (κ1) is 13.0. The van der Waals surface area contributed by atoms with E-state index in [4.69, 9.17) is 5.84 Å². The minimum absolute atomic E-state index is 0.121. The van der Waals surface area contributed by atoms with Crippen molar-refractivity contribution in [2.75, 3.05) is 10.7 Å². The molecule has 2 aromatic rings. The highest BCUT2D eigenvalue weighted by molar-refractivity contribution is 6.07. The van der Waals surface area contributed by atoms with Crippen LogP contribution in [0.5, 0.6) is 0 Å². The molecule has 0 saturated carbocycles. The van der Waals surface area contributed by atoms with Crippen molar-refractivity contribution in [2.45, 2.75) is 6.92 Å². The maximum Gasteiger partial charge on any atom is 0.258 e. The van der Waals surface area contributed by atoms with E-state index in [9.17, 15) is 9.18 Å². The highest BCUT2D eigenvalue weighted by Crippen LogP contribution is 2.18. The maximum atomic E-state index is 13.6. The molecule has 0 spiro atoms. The summed E-state index contributed by atoms with van der Waals surface area (Å²) in [6.07, 6.45) is 2.88. The molecule has 98 valence electrons. The molecule has 0 radical (unpaired) electrons. The summed E-state index contributed by atoms with van der Waals surface area (Å²) in [5.41, 5.74) is 3.93. The van der Waals surface area contributed by atoms with Gasteiger partial charge >= 0.3 is 0 Å². The van der Waals surface area contributed by atoms with Gasteiger partial charge in [0.2, 0.25) is 0 Å². The normalized spacial score (nSPS) is 10.1. The third kappa shape index (κ3) is 2.86. The fraction of sp³-hybridized carbons (Fsp3) is 0.0769. The van der Waals surface area contributed by atoms with E-state index in [0.717, 1.165) is 5.56 Å². The quantitative estimate of drug-likeness (QED) is 0.583. The second-order valence-electron chi connectivity index (χ2n) is 4.00. The number of rotatable bonds is 3. The number of halogens is 1. The monoisotopic (exact) mass is 260 g/mol. The van der Waals surface area contributed by atoms with Gasteiger partial charge in [0.05, 0.1) is 23.1 Å². The summed E-state index contributed by atoms with van der Waals surface area (Å²) in [4.78, 5) is 15.9. The van der Waals surface area contributed by atoms with E-state index in [2.05, 4.69) is 15.7 Å². The zero-order valence-corrected chi connectivity index (χ0v) is 10.3. The van der Waals surface area contributed by atoms with Crippen molar-refractivity contribution in [1.82, 2.24) is 4.98 Å². The first-order valence-electron chi connectivity index (χ1n) is 5.60. The van der Waals surface area contributed by atoms with Crippen molar-refractivity contribution < 1.29 is 9.18 Å². The Hall–Kier alpha value is -2.47. The highest BCUT2D eigenvalue weighted by Gasteiger charge is 2.12. The minimum atomic E-state index is -0.482. The van der Waals surface area contributed by atoms with Crippen LogP contribution in [-0.2, 0) is 0 Å². The number of nitrogens with two attached hydrogens (primary N) is 1. The molecular formula is C13H13FN4O. The van der Waals surface area contributed by atoms with Crippen LogP contribution in [0.25, 0.3) is 0 Å². The highest BCUT2D eigenvalue weighted by atomic mass is 19.1. The topological polar surface area (TPSA) is 80.0 Å². The molecule has 0 aliphatic rings. The summed E-state index contributed by atoms with van der Waals surface area (Å²) in [7, 11) is 0. The number of nitrogens with one attached hydrogen (secondary N) is 2. The number of amides is 1. The number of hydrogen-bond donors (Lipinski definition) is 3. The molecule has 0 atom stereocenters. The van der Waals surface area contributed by atoms with Gasteiger partial charge < -0.3 is 10.7 Å². The average Bonchev–Trinajstić information content (AvgIpc) is 2.41. The first-order chi connectivity index (χ1) is 9.11. The molecule has 0 fully saturated rings. The van der Waals surface area contributed by atoms with Gasteiger partial charge in [0.25, 0.3) is 5.91 Å². The summed E-state index contributed by atoms with van der Waals surface area (Å²) in [6, 6.07) is 6.08. The van der Waals surface area contributed by atoms with Crippen LogP contribution in [0.1, 0.15) is 15.9 Å². The van der Waals surface area contributed by atoms with Crippen LogP contribution in [0.2, 0.25) is 0 Å². The Morgan fingerprint density at radius 3 is 2.79 bits per heavy atom. The Kier molecular flexibility index (Phi) is 3.72. The number of benzene rings is 1. The summed E-state index contributed by atoms with van der Waals surface area (Å²) in [5, 5.41) is 2.49. The van der Waals surface area contributed by atoms with Gasteiger partial charge in [-0.25, -0.2) is 4.39 Å². The standard InChI is InChI=1S/C13H13FN4O/c1-8-2-3-11(10(14)6-8)17-13(19)9-4-5-16-7-12(9)18-15/h2-7,18H,15H2,1H3,(H,17,19). The molecular weight excluding hydrogens is 247 g/mol. The lowest BCUT2D eigenvalue weighted by molar-refractivity contribution is 0.102. The predicted octanol–water partition coefficient (Wildman–Crippen LogP) is 2.07. The van der Waals surface area contributed by atoms with Crippen LogP contribution in [-0.4, -0.2) is 10.9 Å². The second kappa shape index (κ2) is 5.45. The second-order valence-corrected chi connectivity index (χ2v) is 4.00. The minimum Gasteiger partial charge on any atom is -0.322 e. The van der Waals surface area contributed by atoms with Crippen LogP contribution in [0.15, 0.2) is 36.7 Å². The number of hydrazine groups is 1. The lowest BCUT2D eigenvalue weighted by Crippen LogP contribution is -2.18. The van der Waals surface area contributed by atoms with E-state index >= 15 is 0 Å².